The zero-order chi connectivity index (χ0) is 19.0. The molecule has 8 nitrogen and oxygen atoms in total. The molecule has 0 fully saturated rings. The zero-order valence-electron chi connectivity index (χ0n) is 14.1. The van der Waals surface area contributed by atoms with Crippen LogP contribution in [0.25, 0.3) is 22.7 Å². The second kappa shape index (κ2) is 6.67. The van der Waals surface area contributed by atoms with Crippen LogP contribution in [-0.2, 0) is 9.59 Å². The summed E-state index contributed by atoms with van der Waals surface area (Å²) in [5.74, 6) is -0.968. The first-order valence-electron chi connectivity index (χ1n) is 8.26. The number of fused-ring (bicyclic) bond motifs is 2. The SMILES string of the molecule is O=C1Nc2ccc(NC(=O)C(O)CO)cc2C1=Cc1c[nH]c2ncccc12. The summed E-state index contributed by atoms with van der Waals surface area (Å²) in [6.07, 6.45) is 3.71. The molecule has 0 spiro atoms. The van der Waals surface area contributed by atoms with E-state index in [9.17, 15) is 14.7 Å². The van der Waals surface area contributed by atoms with E-state index in [0.29, 0.717) is 22.5 Å². The van der Waals surface area contributed by atoms with Gasteiger partial charge in [-0.1, -0.05) is 0 Å². The molecule has 2 aromatic heterocycles. The summed E-state index contributed by atoms with van der Waals surface area (Å²) >= 11 is 0. The minimum atomic E-state index is -1.51. The molecular formula is C19H16N4O4. The molecule has 2 amide bonds. The number of aliphatic hydroxyl groups is 2. The molecule has 1 aliphatic rings. The molecule has 0 bridgehead atoms. The van der Waals surface area contributed by atoms with Gasteiger partial charge in [0, 0.05) is 45.9 Å². The topological polar surface area (TPSA) is 127 Å². The van der Waals surface area contributed by atoms with Crippen molar-refractivity contribution >= 4 is 45.9 Å². The summed E-state index contributed by atoms with van der Waals surface area (Å²) in [6, 6.07) is 8.66. The third-order valence-corrected chi connectivity index (χ3v) is 4.33. The van der Waals surface area contributed by atoms with E-state index in [1.165, 1.54) is 0 Å². The molecule has 0 aliphatic carbocycles. The fraction of sp³-hybridized carbons (Fsp3) is 0.105. The minimum absolute atomic E-state index is 0.248. The molecule has 4 rings (SSSR count). The number of nitrogens with one attached hydrogen (secondary N) is 3. The van der Waals surface area contributed by atoms with Gasteiger partial charge in [-0.25, -0.2) is 4.98 Å². The average molecular weight is 364 g/mol. The first-order chi connectivity index (χ1) is 13.1. The van der Waals surface area contributed by atoms with Gasteiger partial charge in [0.25, 0.3) is 11.8 Å². The maximum Gasteiger partial charge on any atom is 0.256 e. The molecule has 0 radical (unpaired) electrons. The van der Waals surface area contributed by atoms with E-state index in [4.69, 9.17) is 5.11 Å². The average Bonchev–Trinajstić information content (AvgIpc) is 3.22. The molecule has 5 N–H and O–H groups in total. The van der Waals surface area contributed by atoms with Crippen LogP contribution in [0.1, 0.15) is 11.1 Å². The predicted octanol–water partition coefficient (Wildman–Crippen LogP) is 1.35. The van der Waals surface area contributed by atoms with Gasteiger partial charge in [0.05, 0.1) is 6.61 Å². The Hall–Kier alpha value is -3.49. The standard InChI is InChI=1S/C19H16N4O4/c24-9-16(25)19(27)22-11-3-4-15-13(7-11)14(18(26)23-15)6-10-8-21-17-12(10)2-1-5-20-17/h1-8,16,24-25H,9H2,(H,20,21)(H,22,27)(H,23,26). The second-order valence-corrected chi connectivity index (χ2v) is 6.10. The van der Waals surface area contributed by atoms with Crippen molar-refractivity contribution in [2.75, 3.05) is 17.2 Å². The highest BCUT2D eigenvalue weighted by Crippen LogP contribution is 2.35. The molecular weight excluding hydrogens is 348 g/mol. The first kappa shape index (κ1) is 17.0. The quantitative estimate of drug-likeness (QED) is 0.447. The molecule has 3 heterocycles. The number of carbonyl (C=O) groups is 2. The summed E-state index contributed by atoms with van der Waals surface area (Å²) < 4.78 is 0. The predicted molar refractivity (Wildman–Crippen MR) is 101 cm³/mol. The molecule has 136 valence electrons. The lowest BCUT2D eigenvalue weighted by molar-refractivity contribution is -0.125. The van der Waals surface area contributed by atoms with E-state index in [-0.39, 0.29) is 5.91 Å². The van der Waals surface area contributed by atoms with Crippen molar-refractivity contribution in [3.05, 3.63) is 53.9 Å². The fourth-order valence-corrected chi connectivity index (χ4v) is 2.97. The Morgan fingerprint density at radius 2 is 2.19 bits per heavy atom. The van der Waals surface area contributed by atoms with Crippen LogP contribution in [0.3, 0.4) is 0 Å². The van der Waals surface area contributed by atoms with Crippen LogP contribution in [-0.4, -0.2) is 44.7 Å². The van der Waals surface area contributed by atoms with Crippen LogP contribution < -0.4 is 10.6 Å². The highest BCUT2D eigenvalue weighted by molar-refractivity contribution is 6.35. The van der Waals surface area contributed by atoms with Gasteiger partial charge < -0.3 is 25.8 Å². The highest BCUT2D eigenvalue weighted by atomic mass is 16.3. The molecule has 0 saturated carbocycles. The molecule has 1 atom stereocenters. The summed E-state index contributed by atoms with van der Waals surface area (Å²) in [4.78, 5) is 31.5. The van der Waals surface area contributed by atoms with E-state index < -0.39 is 18.6 Å². The summed E-state index contributed by atoms with van der Waals surface area (Å²) in [5, 5.41) is 24.5. The van der Waals surface area contributed by atoms with E-state index in [1.807, 2.05) is 12.1 Å². The van der Waals surface area contributed by atoms with E-state index >= 15 is 0 Å². The van der Waals surface area contributed by atoms with Crippen molar-refractivity contribution in [3.63, 3.8) is 0 Å². The third-order valence-electron chi connectivity index (χ3n) is 4.33. The Bertz CT molecular complexity index is 1090. The van der Waals surface area contributed by atoms with E-state index in [2.05, 4.69) is 20.6 Å². The number of aromatic amines is 1. The number of hydrogen-bond acceptors (Lipinski definition) is 5. The summed E-state index contributed by atoms with van der Waals surface area (Å²) in [7, 11) is 0. The van der Waals surface area contributed by atoms with Crippen molar-refractivity contribution in [2.45, 2.75) is 6.10 Å². The fourth-order valence-electron chi connectivity index (χ4n) is 2.97. The summed E-state index contributed by atoms with van der Waals surface area (Å²) in [6.45, 7) is -0.670. The number of carbonyl (C=O) groups excluding carboxylic acids is 2. The van der Waals surface area contributed by atoms with Gasteiger partial charge in [-0.2, -0.15) is 0 Å². The number of aromatic nitrogens is 2. The van der Waals surface area contributed by atoms with E-state index in [1.54, 1.807) is 36.7 Å². The number of benzene rings is 1. The van der Waals surface area contributed by atoms with Crippen molar-refractivity contribution in [3.8, 4) is 0 Å². The normalized spacial score (nSPS) is 15.6. The van der Waals surface area contributed by atoms with Gasteiger partial charge in [0.15, 0.2) is 6.10 Å². The van der Waals surface area contributed by atoms with Gasteiger partial charge in [0.2, 0.25) is 0 Å². The lowest BCUT2D eigenvalue weighted by Crippen LogP contribution is -2.30. The molecule has 3 aromatic rings. The van der Waals surface area contributed by atoms with Gasteiger partial charge in [-0.05, 0) is 36.4 Å². The van der Waals surface area contributed by atoms with Crippen LogP contribution in [0.5, 0.6) is 0 Å². The summed E-state index contributed by atoms with van der Waals surface area (Å²) in [5.41, 5.74) is 3.67. The van der Waals surface area contributed by atoms with Gasteiger partial charge >= 0.3 is 0 Å². The maximum atomic E-state index is 12.4. The number of anilines is 2. The molecule has 1 aliphatic heterocycles. The smallest absolute Gasteiger partial charge is 0.256 e. The highest BCUT2D eigenvalue weighted by Gasteiger charge is 2.25. The number of rotatable bonds is 4. The molecule has 0 saturated heterocycles. The van der Waals surface area contributed by atoms with Crippen molar-refractivity contribution in [2.24, 2.45) is 0 Å². The number of hydrogen-bond donors (Lipinski definition) is 5. The van der Waals surface area contributed by atoms with Gasteiger partial charge in [-0.3, -0.25) is 9.59 Å². The Morgan fingerprint density at radius 1 is 1.33 bits per heavy atom. The van der Waals surface area contributed by atoms with Gasteiger partial charge in [-0.15, -0.1) is 0 Å². The van der Waals surface area contributed by atoms with E-state index in [0.717, 1.165) is 16.6 Å². The van der Waals surface area contributed by atoms with Crippen molar-refractivity contribution in [1.29, 1.82) is 0 Å². The second-order valence-electron chi connectivity index (χ2n) is 6.10. The molecule has 8 heteroatoms. The van der Waals surface area contributed by atoms with Crippen LogP contribution >= 0.6 is 0 Å². The molecule has 1 aromatic carbocycles. The van der Waals surface area contributed by atoms with Crippen molar-refractivity contribution in [1.82, 2.24) is 9.97 Å². The Balaban J connectivity index is 1.72. The molecule has 27 heavy (non-hydrogen) atoms. The number of aliphatic hydroxyl groups excluding tert-OH is 2. The van der Waals surface area contributed by atoms with Gasteiger partial charge in [0.1, 0.15) is 5.65 Å². The lowest BCUT2D eigenvalue weighted by Gasteiger charge is -2.10. The largest absolute Gasteiger partial charge is 0.393 e. The first-order valence-corrected chi connectivity index (χ1v) is 8.26. The Labute approximate surface area is 153 Å². The monoisotopic (exact) mass is 364 g/mol. The minimum Gasteiger partial charge on any atom is -0.393 e. The number of nitrogens with zero attached hydrogens (tertiary/aromatic N) is 1. The third kappa shape index (κ3) is 3.07. The maximum absolute atomic E-state index is 12.4. The zero-order valence-corrected chi connectivity index (χ0v) is 14.1. The molecule has 1 unspecified atom stereocenters. The Kier molecular flexibility index (Phi) is 4.19. The number of pyridine rings is 1. The van der Waals surface area contributed by atoms with Crippen LogP contribution in [0.15, 0.2) is 42.7 Å². The van der Waals surface area contributed by atoms with Crippen LogP contribution in [0.4, 0.5) is 11.4 Å². The van der Waals surface area contributed by atoms with Crippen molar-refractivity contribution < 1.29 is 19.8 Å². The number of H-pyrrole nitrogens is 1. The Morgan fingerprint density at radius 3 is 3.00 bits per heavy atom. The van der Waals surface area contributed by atoms with Crippen LogP contribution in [0, 0.1) is 0 Å². The number of amides is 2. The lowest BCUT2D eigenvalue weighted by atomic mass is 10.0. The van der Waals surface area contributed by atoms with Crippen LogP contribution in [0.2, 0.25) is 0 Å².